The number of hydrazine groups is 1. The van der Waals surface area contributed by atoms with Crippen LogP contribution in [0.3, 0.4) is 0 Å². The first-order valence-corrected chi connectivity index (χ1v) is 7.11. The fourth-order valence-corrected chi connectivity index (χ4v) is 2.54. The Morgan fingerprint density at radius 1 is 1.45 bits per heavy atom. The van der Waals surface area contributed by atoms with Gasteiger partial charge in [-0.1, -0.05) is 0 Å². The normalized spacial score (nSPS) is 10.2. The molecule has 0 saturated carbocycles. The number of nitrogens with zero attached hydrogens (tertiary/aromatic N) is 2. The van der Waals surface area contributed by atoms with Crippen molar-refractivity contribution in [3.05, 3.63) is 56.5 Å². The fraction of sp³-hybridized carbons (Fsp3) is 0.154. The predicted molar refractivity (Wildman–Crippen MR) is 78.5 cm³/mol. The first-order chi connectivity index (χ1) is 10.5. The second-order valence-corrected chi connectivity index (χ2v) is 5.23. The predicted octanol–water partition coefficient (Wildman–Crippen LogP) is 0.691. The monoisotopic (exact) mass is 321 g/mol. The van der Waals surface area contributed by atoms with Gasteiger partial charge in [0.2, 0.25) is 12.3 Å². The number of hydrogen-bond acceptors (Lipinski definition) is 6. The first-order valence-electron chi connectivity index (χ1n) is 6.23. The summed E-state index contributed by atoms with van der Waals surface area (Å²) < 4.78 is 1.55. The number of pyridine rings is 1. The third-order valence-corrected chi connectivity index (χ3v) is 3.72. The molecule has 0 spiro atoms. The molecule has 0 bridgehead atoms. The van der Waals surface area contributed by atoms with Gasteiger partial charge in [-0.15, -0.1) is 11.3 Å². The highest BCUT2D eigenvalue weighted by Gasteiger charge is 2.19. The standard InChI is InChI=1S/C13H12N4O4S/c1-14-15-13(19)9-3-2-4-16(6-9)7-11(18)12-5-10(8-22-12)17(20)21/h2-6,8,14H,7H2,1H3/p+1. The van der Waals surface area contributed by atoms with E-state index in [0.717, 1.165) is 11.3 Å². The maximum absolute atomic E-state index is 12.1. The van der Waals surface area contributed by atoms with Crippen molar-refractivity contribution in [1.29, 1.82) is 0 Å². The van der Waals surface area contributed by atoms with Crippen molar-refractivity contribution in [2.75, 3.05) is 7.05 Å². The van der Waals surface area contributed by atoms with Gasteiger partial charge in [-0.2, -0.15) is 4.57 Å². The molecule has 1 amide bonds. The minimum absolute atomic E-state index is 0.00165. The van der Waals surface area contributed by atoms with Gasteiger partial charge in [-0.05, 0) is 6.07 Å². The molecule has 2 aromatic rings. The molecule has 0 unspecified atom stereocenters. The van der Waals surface area contributed by atoms with E-state index in [1.54, 1.807) is 29.9 Å². The number of carbonyl (C=O) groups excluding carboxylic acids is 2. The Morgan fingerprint density at radius 3 is 2.86 bits per heavy atom. The summed E-state index contributed by atoms with van der Waals surface area (Å²) in [7, 11) is 1.57. The summed E-state index contributed by atoms with van der Waals surface area (Å²) >= 11 is 1.03. The van der Waals surface area contributed by atoms with Crippen LogP contribution in [0.1, 0.15) is 20.0 Å². The van der Waals surface area contributed by atoms with Crippen LogP contribution in [0.2, 0.25) is 0 Å². The van der Waals surface area contributed by atoms with Crippen molar-refractivity contribution in [3.8, 4) is 0 Å². The molecule has 0 radical (unpaired) electrons. The summed E-state index contributed by atoms with van der Waals surface area (Å²) in [5, 5.41) is 11.9. The summed E-state index contributed by atoms with van der Waals surface area (Å²) in [5.74, 6) is -0.578. The molecular weight excluding hydrogens is 308 g/mol. The number of rotatable bonds is 6. The Kier molecular flexibility index (Phi) is 4.92. The van der Waals surface area contributed by atoms with Gasteiger partial charge >= 0.3 is 0 Å². The van der Waals surface area contributed by atoms with E-state index in [0.29, 0.717) is 10.4 Å². The van der Waals surface area contributed by atoms with Gasteiger partial charge in [-0.25, -0.2) is 5.43 Å². The molecule has 0 fully saturated rings. The topological polar surface area (TPSA) is 105 Å². The Bertz CT molecular complexity index is 728. The highest BCUT2D eigenvalue weighted by molar-refractivity contribution is 7.12. The minimum Gasteiger partial charge on any atom is -0.288 e. The van der Waals surface area contributed by atoms with E-state index in [1.807, 2.05) is 0 Å². The zero-order valence-electron chi connectivity index (χ0n) is 11.6. The number of ketones is 1. The third kappa shape index (κ3) is 3.71. The average molecular weight is 321 g/mol. The van der Waals surface area contributed by atoms with Crippen LogP contribution in [0.25, 0.3) is 0 Å². The highest BCUT2D eigenvalue weighted by Crippen LogP contribution is 2.21. The number of thiophene rings is 1. The van der Waals surface area contributed by atoms with Crippen molar-refractivity contribution in [2.45, 2.75) is 6.54 Å². The van der Waals surface area contributed by atoms with Crippen LogP contribution < -0.4 is 15.4 Å². The summed E-state index contributed by atoms with van der Waals surface area (Å²) in [5.41, 5.74) is 5.25. The number of carbonyl (C=O) groups is 2. The van der Waals surface area contributed by atoms with Crippen molar-refractivity contribution >= 4 is 28.7 Å². The molecule has 0 aliphatic carbocycles. The van der Waals surface area contributed by atoms with Crippen LogP contribution in [0.15, 0.2) is 36.0 Å². The molecule has 2 N–H and O–H groups in total. The first kappa shape index (κ1) is 15.7. The van der Waals surface area contributed by atoms with Gasteiger partial charge in [0.05, 0.1) is 15.2 Å². The van der Waals surface area contributed by atoms with Crippen LogP contribution in [0.5, 0.6) is 0 Å². The molecule has 0 aliphatic rings. The molecule has 8 nitrogen and oxygen atoms in total. The van der Waals surface area contributed by atoms with Crippen molar-refractivity contribution < 1.29 is 19.1 Å². The summed E-state index contributed by atoms with van der Waals surface area (Å²) in [6, 6.07) is 4.52. The van der Waals surface area contributed by atoms with E-state index in [1.165, 1.54) is 17.6 Å². The lowest BCUT2D eigenvalue weighted by atomic mass is 10.2. The molecule has 0 aromatic carbocycles. The van der Waals surface area contributed by atoms with Crippen LogP contribution in [0.4, 0.5) is 5.69 Å². The van der Waals surface area contributed by atoms with Crippen molar-refractivity contribution in [1.82, 2.24) is 10.9 Å². The Morgan fingerprint density at radius 2 is 2.23 bits per heavy atom. The lowest BCUT2D eigenvalue weighted by Crippen LogP contribution is -2.40. The summed E-state index contributed by atoms with van der Waals surface area (Å²) in [6.45, 7) is -0.00165. The van der Waals surface area contributed by atoms with E-state index in [-0.39, 0.29) is 23.9 Å². The molecule has 2 heterocycles. The van der Waals surface area contributed by atoms with Gasteiger partial charge in [0.1, 0.15) is 5.56 Å². The van der Waals surface area contributed by atoms with Crippen LogP contribution in [0, 0.1) is 10.1 Å². The molecule has 2 aromatic heterocycles. The van der Waals surface area contributed by atoms with E-state index >= 15 is 0 Å². The van der Waals surface area contributed by atoms with Gasteiger partial charge < -0.3 is 0 Å². The Balaban J connectivity index is 2.12. The molecule has 114 valence electrons. The van der Waals surface area contributed by atoms with E-state index in [4.69, 9.17) is 0 Å². The van der Waals surface area contributed by atoms with Gasteiger partial charge in [0, 0.05) is 19.2 Å². The second kappa shape index (κ2) is 6.87. The highest BCUT2D eigenvalue weighted by atomic mass is 32.1. The molecular formula is C13H13N4O4S+. The number of aromatic nitrogens is 1. The van der Waals surface area contributed by atoms with Gasteiger partial charge in [0.15, 0.2) is 12.4 Å². The molecule has 22 heavy (non-hydrogen) atoms. The SMILES string of the molecule is CNNC(=O)c1ccc[n+](CC(=O)c2cc([N+](=O)[O-])cs2)c1. The van der Waals surface area contributed by atoms with E-state index < -0.39 is 4.92 Å². The average Bonchev–Trinajstić information content (AvgIpc) is 2.98. The lowest BCUT2D eigenvalue weighted by molar-refractivity contribution is -0.683. The molecule has 0 saturated heterocycles. The molecule has 9 heteroatoms. The quantitative estimate of drug-likeness (QED) is 0.352. The Labute approximate surface area is 129 Å². The third-order valence-electron chi connectivity index (χ3n) is 2.76. The number of Topliss-reactive ketones (excluding diaryl/α,β-unsaturated/α-hetero) is 1. The summed E-state index contributed by atoms with van der Waals surface area (Å²) in [6.07, 6.45) is 3.18. The maximum atomic E-state index is 12.1. The zero-order chi connectivity index (χ0) is 16.1. The molecule has 2 rings (SSSR count). The van der Waals surface area contributed by atoms with E-state index in [9.17, 15) is 19.7 Å². The largest absolute Gasteiger partial charge is 0.288 e. The Hall–Kier alpha value is -2.65. The maximum Gasteiger partial charge on any atom is 0.280 e. The van der Waals surface area contributed by atoms with Gasteiger partial charge in [0.25, 0.3) is 11.6 Å². The zero-order valence-corrected chi connectivity index (χ0v) is 12.4. The van der Waals surface area contributed by atoms with Crippen molar-refractivity contribution in [3.63, 3.8) is 0 Å². The second-order valence-electron chi connectivity index (χ2n) is 4.32. The fourth-order valence-electron chi connectivity index (χ4n) is 1.75. The number of hydrogen-bond donors (Lipinski definition) is 2. The van der Waals surface area contributed by atoms with E-state index in [2.05, 4.69) is 10.9 Å². The minimum atomic E-state index is -0.539. The van der Waals surface area contributed by atoms with Crippen molar-refractivity contribution in [2.24, 2.45) is 0 Å². The number of nitrogens with one attached hydrogen (secondary N) is 2. The summed E-state index contributed by atoms with van der Waals surface area (Å²) in [4.78, 5) is 34.2. The van der Waals surface area contributed by atoms with Crippen LogP contribution >= 0.6 is 11.3 Å². The lowest BCUT2D eigenvalue weighted by Gasteiger charge is -2.01. The van der Waals surface area contributed by atoms with Crippen LogP contribution in [-0.2, 0) is 6.54 Å². The van der Waals surface area contributed by atoms with Crippen LogP contribution in [-0.4, -0.2) is 23.7 Å². The number of amides is 1. The smallest absolute Gasteiger partial charge is 0.280 e. The van der Waals surface area contributed by atoms with Gasteiger partial charge in [-0.3, -0.25) is 25.1 Å². The number of nitro groups is 1. The molecule has 0 aliphatic heterocycles. The molecule has 0 atom stereocenters.